The Balaban J connectivity index is 4.19. The Hall–Kier alpha value is -1.22. The van der Waals surface area contributed by atoms with E-state index in [0.29, 0.717) is 0 Å². The van der Waals surface area contributed by atoms with Crippen LogP contribution in [-0.4, -0.2) is 59.2 Å². The first-order chi connectivity index (χ1) is 7.51. The highest BCUT2D eigenvalue weighted by Crippen LogP contribution is 1.92. The molecule has 2 amide bonds. The predicted octanol–water partition coefficient (Wildman–Crippen LogP) is -3.76. The normalized spacial score (nSPS) is 14.2. The van der Waals surface area contributed by atoms with Gasteiger partial charge in [-0.1, -0.05) is 0 Å². The molecule has 0 rings (SSSR count). The monoisotopic (exact) mass is 235 g/mol. The summed E-state index contributed by atoms with van der Waals surface area (Å²) in [6, 6.07) is -0.939. The lowest BCUT2D eigenvalue weighted by atomic mass is 10.1. The third-order valence-electron chi connectivity index (χ3n) is 1.79. The maximum atomic E-state index is 11.3. The summed E-state index contributed by atoms with van der Waals surface area (Å²) >= 11 is 0. The minimum absolute atomic E-state index is 0.0622. The number of rotatable bonds is 8. The molecule has 0 aromatic rings. The number of primary amides is 1. The van der Waals surface area contributed by atoms with Gasteiger partial charge in [0.2, 0.25) is 11.8 Å². The Morgan fingerprint density at radius 2 is 1.94 bits per heavy atom. The predicted molar refractivity (Wildman–Crippen MR) is 53.9 cm³/mol. The van der Waals surface area contributed by atoms with Gasteiger partial charge >= 0.3 is 0 Å². The van der Waals surface area contributed by atoms with Crippen LogP contribution in [0.25, 0.3) is 0 Å². The van der Waals surface area contributed by atoms with Gasteiger partial charge in [-0.3, -0.25) is 9.59 Å². The first kappa shape index (κ1) is 14.8. The average Bonchev–Trinajstić information content (AvgIpc) is 2.23. The quantitative estimate of drug-likeness (QED) is 0.238. The van der Waals surface area contributed by atoms with Crippen LogP contribution in [0.3, 0.4) is 0 Å². The van der Waals surface area contributed by atoms with Crippen molar-refractivity contribution in [1.29, 1.82) is 0 Å². The fourth-order valence-electron chi connectivity index (χ4n) is 1.00. The zero-order valence-corrected chi connectivity index (χ0v) is 8.72. The number of hydrogen-bond acceptors (Lipinski definition) is 6. The average molecular weight is 235 g/mol. The van der Waals surface area contributed by atoms with Crippen LogP contribution >= 0.6 is 0 Å². The molecule has 8 nitrogen and oxygen atoms in total. The second-order valence-corrected chi connectivity index (χ2v) is 3.17. The summed E-state index contributed by atoms with van der Waals surface area (Å²) in [7, 11) is 0. The number of nitrogens with two attached hydrogens (primary N) is 1. The molecule has 0 fully saturated rings. The smallest absolute Gasteiger partial charge is 0.239 e. The summed E-state index contributed by atoms with van der Waals surface area (Å²) < 4.78 is 0. The van der Waals surface area contributed by atoms with Crippen molar-refractivity contribution in [2.75, 3.05) is 19.9 Å². The summed E-state index contributed by atoms with van der Waals surface area (Å²) in [6.45, 7) is -1.08. The first-order valence-corrected chi connectivity index (χ1v) is 4.70. The molecular weight excluding hydrogens is 218 g/mol. The maximum absolute atomic E-state index is 11.3. The summed E-state index contributed by atoms with van der Waals surface area (Å²) in [5.41, 5.74) is 4.93. The standard InChI is InChI=1S/C8H17N3O5/c9-7(15)1-6(8(16)11-4-13)10-2-5(14)3-12/h5-6,10,12-14H,1-4H2,(H2,9,15)(H,11,16)/t5?,6-/m0/s1. The van der Waals surface area contributed by atoms with Crippen LogP contribution in [0.5, 0.6) is 0 Å². The van der Waals surface area contributed by atoms with Gasteiger partial charge in [-0.25, -0.2) is 0 Å². The molecule has 0 aromatic heterocycles. The minimum atomic E-state index is -1.03. The van der Waals surface area contributed by atoms with Crippen LogP contribution < -0.4 is 16.4 Å². The van der Waals surface area contributed by atoms with E-state index in [-0.39, 0.29) is 13.0 Å². The van der Waals surface area contributed by atoms with Gasteiger partial charge in [0.25, 0.3) is 0 Å². The topological polar surface area (TPSA) is 145 Å². The Morgan fingerprint density at radius 3 is 2.38 bits per heavy atom. The molecule has 0 heterocycles. The molecule has 0 aliphatic heterocycles. The highest BCUT2D eigenvalue weighted by atomic mass is 16.3. The lowest BCUT2D eigenvalue weighted by Gasteiger charge is -2.17. The molecule has 0 radical (unpaired) electrons. The van der Waals surface area contributed by atoms with E-state index in [0.717, 1.165) is 0 Å². The molecule has 16 heavy (non-hydrogen) atoms. The maximum Gasteiger partial charge on any atom is 0.239 e. The molecule has 94 valence electrons. The van der Waals surface area contributed by atoms with Gasteiger partial charge in [0.05, 0.1) is 25.2 Å². The molecule has 0 spiro atoms. The van der Waals surface area contributed by atoms with Gasteiger partial charge < -0.3 is 31.7 Å². The molecule has 0 aliphatic carbocycles. The number of hydrogen-bond donors (Lipinski definition) is 6. The third-order valence-corrected chi connectivity index (χ3v) is 1.79. The van der Waals surface area contributed by atoms with E-state index < -0.39 is 37.3 Å². The number of carbonyl (C=O) groups excluding carboxylic acids is 2. The van der Waals surface area contributed by atoms with E-state index in [2.05, 4.69) is 10.6 Å². The van der Waals surface area contributed by atoms with Gasteiger partial charge in [-0.2, -0.15) is 0 Å². The molecule has 7 N–H and O–H groups in total. The van der Waals surface area contributed by atoms with Gasteiger partial charge in [0, 0.05) is 6.54 Å². The van der Waals surface area contributed by atoms with Gasteiger partial charge in [-0.05, 0) is 0 Å². The molecule has 8 heteroatoms. The molecule has 1 unspecified atom stereocenters. The highest BCUT2D eigenvalue weighted by molar-refractivity contribution is 5.87. The zero-order chi connectivity index (χ0) is 12.6. The van der Waals surface area contributed by atoms with E-state index >= 15 is 0 Å². The second-order valence-electron chi connectivity index (χ2n) is 3.17. The van der Waals surface area contributed by atoms with Gasteiger partial charge in [-0.15, -0.1) is 0 Å². The van der Waals surface area contributed by atoms with E-state index in [1.54, 1.807) is 0 Å². The molecule has 0 aromatic carbocycles. The van der Waals surface area contributed by atoms with Crippen molar-refractivity contribution >= 4 is 11.8 Å². The molecule has 2 atom stereocenters. The molecule has 0 aliphatic rings. The van der Waals surface area contributed by atoms with E-state index in [1.807, 2.05) is 0 Å². The Bertz CT molecular complexity index is 236. The highest BCUT2D eigenvalue weighted by Gasteiger charge is 2.20. The number of nitrogens with one attached hydrogen (secondary N) is 2. The van der Waals surface area contributed by atoms with Crippen LogP contribution in [0.2, 0.25) is 0 Å². The fraction of sp³-hybridized carbons (Fsp3) is 0.750. The Kier molecular flexibility index (Phi) is 7.38. The lowest BCUT2D eigenvalue weighted by molar-refractivity contribution is -0.128. The number of carbonyl (C=O) groups is 2. The van der Waals surface area contributed by atoms with Crippen LogP contribution in [0.15, 0.2) is 0 Å². The van der Waals surface area contributed by atoms with Crippen molar-refractivity contribution < 1.29 is 24.9 Å². The Labute approximate surface area is 92.4 Å². The largest absolute Gasteiger partial charge is 0.394 e. The minimum Gasteiger partial charge on any atom is -0.394 e. The second kappa shape index (κ2) is 7.99. The number of aliphatic hydroxyl groups is 3. The van der Waals surface area contributed by atoms with Crippen molar-refractivity contribution in [1.82, 2.24) is 10.6 Å². The number of amides is 2. The van der Waals surface area contributed by atoms with Gasteiger partial charge in [0.15, 0.2) is 0 Å². The van der Waals surface area contributed by atoms with Crippen molar-refractivity contribution in [3.8, 4) is 0 Å². The summed E-state index contributed by atoms with van der Waals surface area (Å²) in [5.74, 6) is -1.30. The zero-order valence-electron chi connectivity index (χ0n) is 8.72. The van der Waals surface area contributed by atoms with Crippen molar-refractivity contribution in [2.24, 2.45) is 5.73 Å². The van der Waals surface area contributed by atoms with E-state index in [9.17, 15) is 9.59 Å². The SMILES string of the molecule is NC(=O)C[C@H](NCC(O)CO)C(=O)NCO. The first-order valence-electron chi connectivity index (χ1n) is 4.70. The Morgan fingerprint density at radius 1 is 1.31 bits per heavy atom. The van der Waals surface area contributed by atoms with E-state index in [4.69, 9.17) is 21.1 Å². The third kappa shape index (κ3) is 6.30. The van der Waals surface area contributed by atoms with Crippen molar-refractivity contribution in [3.05, 3.63) is 0 Å². The van der Waals surface area contributed by atoms with E-state index in [1.165, 1.54) is 0 Å². The molecule has 0 bridgehead atoms. The van der Waals surface area contributed by atoms with Crippen LogP contribution in [0, 0.1) is 0 Å². The summed E-state index contributed by atoms with van der Waals surface area (Å²) in [6.07, 6.45) is -1.29. The molecule has 0 saturated heterocycles. The lowest BCUT2D eigenvalue weighted by Crippen LogP contribution is -2.49. The molecule has 0 saturated carbocycles. The fourth-order valence-corrected chi connectivity index (χ4v) is 1.00. The van der Waals surface area contributed by atoms with Crippen molar-refractivity contribution in [3.63, 3.8) is 0 Å². The van der Waals surface area contributed by atoms with Crippen molar-refractivity contribution in [2.45, 2.75) is 18.6 Å². The van der Waals surface area contributed by atoms with Crippen LogP contribution in [0.4, 0.5) is 0 Å². The van der Waals surface area contributed by atoms with Crippen LogP contribution in [0.1, 0.15) is 6.42 Å². The van der Waals surface area contributed by atoms with Crippen LogP contribution in [-0.2, 0) is 9.59 Å². The molecular formula is C8H17N3O5. The van der Waals surface area contributed by atoms with Gasteiger partial charge in [0.1, 0.15) is 6.73 Å². The number of aliphatic hydroxyl groups excluding tert-OH is 3. The summed E-state index contributed by atoms with van der Waals surface area (Å²) in [4.78, 5) is 22.0. The summed E-state index contributed by atoms with van der Waals surface area (Å²) in [5, 5.41) is 30.7.